The third-order valence-electron chi connectivity index (χ3n) is 2.32. The average molecular weight is 253 g/mol. The summed E-state index contributed by atoms with van der Waals surface area (Å²) in [6.45, 7) is 0. The number of carboxylic acids is 1. The summed E-state index contributed by atoms with van der Waals surface area (Å²) in [5, 5.41) is 13.8. The minimum absolute atomic E-state index is 0.0747. The van der Waals surface area contributed by atoms with Crippen LogP contribution in [0.15, 0.2) is 24.4 Å². The summed E-state index contributed by atoms with van der Waals surface area (Å²) in [4.78, 5) is 22.1. The lowest BCUT2D eigenvalue weighted by atomic mass is 10.2. The highest BCUT2D eigenvalue weighted by Crippen LogP contribution is 2.19. The van der Waals surface area contributed by atoms with Crippen molar-refractivity contribution in [1.29, 1.82) is 0 Å². The zero-order valence-electron chi connectivity index (χ0n) is 8.76. The number of carbonyl (C=O) groups excluding carboxylic acids is 1. The number of nitrogens with zero attached hydrogens (tertiary/aromatic N) is 2. The van der Waals surface area contributed by atoms with Gasteiger partial charge in [0.1, 0.15) is 0 Å². The number of rotatable bonds is 3. The van der Waals surface area contributed by atoms with Crippen LogP contribution in [0.5, 0.6) is 0 Å². The summed E-state index contributed by atoms with van der Waals surface area (Å²) in [5.41, 5.74) is 0.629. The van der Waals surface area contributed by atoms with Crippen LogP contribution < -0.4 is 0 Å². The molecule has 2 aromatic rings. The first kappa shape index (κ1) is 11.6. The van der Waals surface area contributed by atoms with Crippen molar-refractivity contribution in [3.05, 3.63) is 29.4 Å². The fraction of sp³-hybridized carbons (Fsp3) is 0.182. The van der Waals surface area contributed by atoms with Crippen LogP contribution >= 0.6 is 11.6 Å². The van der Waals surface area contributed by atoms with Crippen molar-refractivity contribution in [3.8, 4) is 0 Å². The van der Waals surface area contributed by atoms with E-state index >= 15 is 0 Å². The molecule has 0 spiro atoms. The Bertz CT molecular complexity index is 591. The second kappa shape index (κ2) is 4.55. The summed E-state index contributed by atoms with van der Waals surface area (Å²) in [6, 6.07) is 5.04. The molecular formula is C11H9ClN2O3. The third-order valence-corrected chi connectivity index (χ3v) is 2.55. The molecule has 0 saturated carbocycles. The van der Waals surface area contributed by atoms with E-state index in [-0.39, 0.29) is 18.7 Å². The van der Waals surface area contributed by atoms with E-state index in [4.69, 9.17) is 16.7 Å². The van der Waals surface area contributed by atoms with Gasteiger partial charge in [-0.25, -0.2) is 4.68 Å². The lowest BCUT2D eigenvalue weighted by Crippen LogP contribution is -2.13. The van der Waals surface area contributed by atoms with E-state index in [0.29, 0.717) is 10.5 Å². The smallest absolute Gasteiger partial charge is 0.303 e. The maximum atomic E-state index is 11.7. The first-order valence-electron chi connectivity index (χ1n) is 4.96. The minimum Gasteiger partial charge on any atom is -0.481 e. The molecule has 0 aliphatic heterocycles. The summed E-state index contributed by atoms with van der Waals surface area (Å²) < 4.78 is 1.20. The van der Waals surface area contributed by atoms with Gasteiger partial charge in [0.2, 0.25) is 5.91 Å². The molecule has 0 aliphatic rings. The summed E-state index contributed by atoms with van der Waals surface area (Å²) in [6.07, 6.45) is 1.25. The number of aliphatic carboxylic acids is 1. The largest absolute Gasteiger partial charge is 0.481 e. The fourth-order valence-electron chi connectivity index (χ4n) is 1.52. The van der Waals surface area contributed by atoms with E-state index < -0.39 is 5.97 Å². The Hall–Kier alpha value is -1.88. The molecule has 1 aromatic heterocycles. The number of fused-ring (bicyclic) bond motifs is 1. The first-order valence-corrected chi connectivity index (χ1v) is 5.34. The van der Waals surface area contributed by atoms with Crippen LogP contribution in [-0.2, 0) is 4.79 Å². The molecule has 0 radical (unpaired) electrons. The van der Waals surface area contributed by atoms with Crippen molar-refractivity contribution in [2.24, 2.45) is 0 Å². The van der Waals surface area contributed by atoms with E-state index in [1.807, 2.05) is 0 Å². The topological polar surface area (TPSA) is 72.2 Å². The highest BCUT2D eigenvalue weighted by Gasteiger charge is 2.12. The SMILES string of the molecule is O=C(O)CCC(=O)n1ncc2cc(Cl)ccc21. The number of hydrogen-bond donors (Lipinski definition) is 1. The molecule has 0 atom stereocenters. The molecule has 0 saturated heterocycles. The van der Waals surface area contributed by atoms with E-state index in [0.717, 1.165) is 5.39 Å². The normalized spacial score (nSPS) is 10.6. The minimum atomic E-state index is -1.00. The van der Waals surface area contributed by atoms with Crippen molar-refractivity contribution < 1.29 is 14.7 Å². The van der Waals surface area contributed by atoms with Gasteiger partial charge in [0.05, 0.1) is 18.1 Å². The van der Waals surface area contributed by atoms with Crippen LogP contribution in [0.4, 0.5) is 0 Å². The highest BCUT2D eigenvalue weighted by atomic mass is 35.5. The molecule has 0 fully saturated rings. The Morgan fingerprint density at radius 1 is 1.35 bits per heavy atom. The molecule has 2 rings (SSSR count). The Labute approximate surface area is 102 Å². The molecule has 5 nitrogen and oxygen atoms in total. The fourth-order valence-corrected chi connectivity index (χ4v) is 1.70. The van der Waals surface area contributed by atoms with Gasteiger partial charge in [0.15, 0.2) is 0 Å². The van der Waals surface area contributed by atoms with Crippen molar-refractivity contribution in [3.63, 3.8) is 0 Å². The van der Waals surface area contributed by atoms with Gasteiger partial charge in [-0.3, -0.25) is 9.59 Å². The molecule has 1 N–H and O–H groups in total. The van der Waals surface area contributed by atoms with Crippen LogP contribution in [0.1, 0.15) is 17.6 Å². The first-order chi connectivity index (χ1) is 8.08. The highest BCUT2D eigenvalue weighted by molar-refractivity contribution is 6.31. The molecule has 1 aromatic carbocycles. The predicted molar refractivity (Wildman–Crippen MR) is 62.2 cm³/mol. The molecule has 0 bridgehead atoms. The molecule has 0 amide bonds. The number of aromatic nitrogens is 2. The molecular weight excluding hydrogens is 244 g/mol. The van der Waals surface area contributed by atoms with E-state index in [1.165, 1.54) is 10.9 Å². The third kappa shape index (κ3) is 2.45. The number of hydrogen-bond acceptors (Lipinski definition) is 3. The molecule has 88 valence electrons. The molecule has 6 heteroatoms. The Balaban J connectivity index is 2.29. The summed E-state index contributed by atoms with van der Waals surface area (Å²) in [5.74, 6) is -1.34. The van der Waals surface area contributed by atoms with Gasteiger partial charge < -0.3 is 5.11 Å². The van der Waals surface area contributed by atoms with E-state index in [9.17, 15) is 9.59 Å². The number of benzene rings is 1. The number of carboxylic acid groups (broad SMARTS) is 1. The van der Waals surface area contributed by atoms with Gasteiger partial charge in [0.25, 0.3) is 0 Å². The van der Waals surface area contributed by atoms with Crippen molar-refractivity contribution >= 4 is 34.4 Å². The molecule has 0 aliphatic carbocycles. The number of carbonyl (C=O) groups is 2. The van der Waals surface area contributed by atoms with Gasteiger partial charge >= 0.3 is 5.97 Å². The lowest BCUT2D eigenvalue weighted by molar-refractivity contribution is -0.136. The van der Waals surface area contributed by atoms with Crippen molar-refractivity contribution in [2.75, 3.05) is 0 Å². The van der Waals surface area contributed by atoms with Crippen LogP contribution in [0.2, 0.25) is 5.02 Å². The standard InChI is InChI=1S/C11H9ClN2O3/c12-8-1-2-9-7(5-8)6-13-14(9)10(15)3-4-11(16)17/h1-2,5-6H,3-4H2,(H,16,17). The van der Waals surface area contributed by atoms with Gasteiger partial charge in [-0.2, -0.15) is 5.10 Å². The second-order valence-corrected chi connectivity index (χ2v) is 3.98. The van der Waals surface area contributed by atoms with Gasteiger partial charge in [-0.1, -0.05) is 11.6 Å². The monoisotopic (exact) mass is 252 g/mol. The quantitative estimate of drug-likeness (QED) is 0.909. The zero-order valence-corrected chi connectivity index (χ0v) is 9.52. The zero-order chi connectivity index (χ0) is 12.4. The summed E-state index contributed by atoms with van der Waals surface area (Å²) in [7, 11) is 0. The maximum absolute atomic E-state index is 11.7. The van der Waals surface area contributed by atoms with Crippen LogP contribution in [0.3, 0.4) is 0 Å². The Morgan fingerprint density at radius 2 is 2.12 bits per heavy atom. The number of halogens is 1. The molecule has 17 heavy (non-hydrogen) atoms. The van der Waals surface area contributed by atoms with Crippen LogP contribution in [-0.4, -0.2) is 26.8 Å². The van der Waals surface area contributed by atoms with Gasteiger partial charge in [-0.15, -0.1) is 0 Å². The van der Waals surface area contributed by atoms with Crippen LogP contribution in [0.25, 0.3) is 10.9 Å². The average Bonchev–Trinajstić information content (AvgIpc) is 2.68. The van der Waals surface area contributed by atoms with E-state index in [1.54, 1.807) is 18.2 Å². The van der Waals surface area contributed by atoms with Gasteiger partial charge in [-0.05, 0) is 18.2 Å². The predicted octanol–water partition coefficient (Wildman–Crippen LogP) is 2.19. The molecule has 1 heterocycles. The van der Waals surface area contributed by atoms with E-state index in [2.05, 4.69) is 5.10 Å². The van der Waals surface area contributed by atoms with Crippen molar-refractivity contribution in [1.82, 2.24) is 9.78 Å². The lowest BCUT2D eigenvalue weighted by Gasteiger charge is -2.00. The van der Waals surface area contributed by atoms with Crippen molar-refractivity contribution in [2.45, 2.75) is 12.8 Å². The second-order valence-electron chi connectivity index (χ2n) is 3.55. The molecule has 0 unspecified atom stereocenters. The Morgan fingerprint density at radius 3 is 2.82 bits per heavy atom. The van der Waals surface area contributed by atoms with Gasteiger partial charge in [0, 0.05) is 16.8 Å². The summed E-state index contributed by atoms with van der Waals surface area (Å²) >= 11 is 5.81. The van der Waals surface area contributed by atoms with Crippen LogP contribution in [0, 0.1) is 0 Å². The maximum Gasteiger partial charge on any atom is 0.303 e. The Kier molecular flexibility index (Phi) is 3.10.